The Balaban J connectivity index is 2.96. The summed E-state index contributed by atoms with van der Waals surface area (Å²) in [7, 11) is 0. The summed E-state index contributed by atoms with van der Waals surface area (Å²) in [6, 6.07) is 0.369. The van der Waals surface area contributed by atoms with Crippen molar-refractivity contribution in [3.8, 4) is 0 Å². The van der Waals surface area contributed by atoms with Gasteiger partial charge in [-0.1, -0.05) is 6.92 Å². The zero-order chi connectivity index (χ0) is 13.5. The molecule has 6 heteroatoms. The van der Waals surface area contributed by atoms with E-state index in [1.807, 2.05) is 18.7 Å². The third kappa shape index (κ3) is 4.03. The molecular weight excluding hydrogens is 246 g/mol. The smallest absolute Gasteiger partial charge is 0.148 e. The number of hydrazine groups is 1. The normalized spacial score (nSPS) is 12.3. The van der Waals surface area contributed by atoms with Crippen molar-refractivity contribution in [2.45, 2.75) is 39.7 Å². The maximum Gasteiger partial charge on any atom is 0.148 e. The van der Waals surface area contributed by atoms with Crippen molar-refractivity contribution in [2.24, 2.45) is 5.84 Å². The fourth-order valence-electron chi connectivity index (χ4n) is 1.70. The van der Waals surface area contributed by atoms with Gasteiger partial charge in [-0.2, -0.15) is 11.8 Å². The number of nitrogens with two attached hydrogens (primary N) is 1. The molecule has 1 heterocycles. The quantitative estimate of drug-likeness (QED) is 0.520. The topological polar surface area (TPSA) is 75.9 Å². The molecule has 1 unspecified atom stereocenters. The highest BCUT2D eigenvalue weighted by Gasteiger charge is 2.11. The van der Waals surface area contributed by atoms with E-state index in [0.717, 1.165) is 35.8 Å². The van der Waals surface area contributed by atoms with Gasteiger partial charge in [-0.25, -0.2) is 15.8 Å². The van der Waals surface area contributed by atoms with E-state index in [1.54, 1.807) is 0 Å². The number of nitrogen functional groups attached to an aromatic ring is 1. The molecule has 0 aliphatic rings. The largest absolute Gasteiger partial charge is 0.366 e. The molecule has 0 radical (unpaired) electrons. The molecule has 0 aliphatic heterocycles. The Morgan fingerprint density at radius 3 is 2.56 bits per heavy atom. The van der Waals surface area contributed by atoms with Crippen LogP contribution in [0, 0.1) is 6.92 Å². The molecule has 102 valence electrons. The Kier molecular flexibility index (Phi) is 6.21. The first kappa shape index (κ1) is 15.0. The first-order valence-corrected chi connectivity index (χ1v) is 7.61. The van der Waals surface area contributed by atoms with E-state index in [9.17, 15) is 0 Å². The fourth-order valence-corrected chi connectivity index (χ4v) is 2.29. The SMILES string of the molecule is CCCc1nc(NN)c(C)c(NC(C)CSC)n1. The van der Waals surface area contributed by atoms with Gasteiger partial charge in [-0.05, 0) is 26.5 Å². The van der Waals surface area contributed by atoms with E-state index < -0.39 is 0 Å². The van der Waals surface area contributed by atoms with Gasteiger partial charge < -0.3 is 10.7 Å². The molecule has 1 aromatic heterocycles. The minimum atomic E-state index is 0.369. The Labute approximate surface area is 113 Å². The lowest BCUT2D eigenvalue weighted by Crippen LogP contribution is -2.21. The predicted octanol–water partition coefficient (Wildman–Crippen LogP) is 2.19. The van der Waals surface area contributed by atoms with Gasteiger partial charge in [0.1, 0.15) is 17.5 Å². The minimum Gasteiger partial charge on any atom is -0.366 e. The van der Waals surface area contributed by atoms with Crippen LogP contribution in [-0.2, 0) is 6.42 Å². The third-order valence-corrected chi connectivity index (χ3v) is 3.44. The van der Waals surface area contributed by atoms with Crippen LogP contribution >= 0.6 is 11.8 Å². The van der Waals surface area contributed by atoms with Crippen molar-refractivity contribution >= 4 is 23.4 Å². The molecule has 4 N–H and O–H groups in total. The lowest BCUT2D eigenvalue weighted by molar-refractivity contribution is 0.820. The van der Waals surface area contributed by atoms with Gasteiger partial charge in [0.2, 0.25) is 0 Å². The number of nitrogens with zero attached hydrogens (tertiary/aromatic N) is 2. The third-order valence-electron chi connectivity index (χ3n) is 2.60. The van der Waals surface area contributed by atoms with Crippen LogP contribution in [0.2, 0.25) is 0 Å². The van der Waals surface area contributed by atoms with Crippen LogP contribution in [0.15, 0.2) is 0 Å². The number of rotatable bonds is 7. The van der Waals surface area contributed by atoms with E-state index in [4.69, 9.17) is 5.84 Å². The van der Waals surface area contributed by atoms with Gasteiger partial charge in [0.25, 0.3) is 0 Å². The van der Waals surface area contributed by atoms with Crippen LogP contribution in [0.3, 0.4) is 0 Å². The Hall–Kier alpha value is -1.01. The number of hydrogen-bond acceptors (Lipinski definition) is 6. The second-order valence-corrected chi connectivity index (χ2v) is 5.27. The molecule has 0 spiro atoms. The maximum atomic E-state index is 5.50. The number of anilines is 2. The zero-order valence-electron chi connectivity index (χ0n) is 11.6. The molecule has 5 nitrogen and oxygen atoms in total. The van der Waals surface area contributed by atoms with E-state index >= 15 is 0 Å². The molecule has 0 saturated heterocycles. The molecule has 0 aromatic carbocycles. The van der Waals surface area contributed by atoms with Gasteiger partial charge in [0, 0.05) is 23.8 Å². The number of hydrogen-bond donors (Lipinski definition) is 3. The summed E-state index contributed by atoms with van der Waals surface area (Å²) in [6.45, 7) is 6.23. The van der Waals surface area contributed by atoms with Crippen molar-refractivity contribution in [2.75, 3.05) is 22.8 Å². The van der Waals surface area contributed by atoms with Crippen LogP contribution < -0.4 is 16.6 Å². The van der Waals surface area contributed by atoms with Crippen molar-refractivity contribution < 1.29 is 0 Å². The standard InChI is InChI=1S/C12H23N5S/c1-5-6-10-15-11(14-8(2)7-18-4)9(3)12(16-10)17-13/h8H,5-7,13H2,1-4H3,(H2,14,15,16,17). The zero-order valence-corrected chi connectivity index (χ0v) is 12.4. The van der Waals surface area contributed by atoms with E-state index in [1.165, 1.54) is 0 Å². The van der Waals surface area contributed by atoms with E-state index in [-0.39, 0.29) is 0 Å². The Bertz CT molecular complexity index is 383. The van der Waals surface area contributed by atoms with Crippen LogP contribution in [-0.4, -0.2) is 28.0 Å². The lowest BCUT2D eigenvalue weighted by Gasteiger charge is -2.17. The van der Waals surface area contributed by atoms with Gasteiger partial charge in [-0.15, -0.1) is 0 Å². The van der Waals surface area contributed by atoms with Crippen LogP contribution in [0.1, 0.15) is 31.7 Å². The van der Waals surface area contributed by atoms with Crippen molar-refractivity contribution in [1.29, 1.82) is 0 Å². The highest BCUT2D eigenvalue weighted by Crippen LogP contribution is 2.20. The molecule has 0 aliphatic carbocycles. The highest BCUT2D eigenvalue weighted by atomic mass is 32.2. The molecule has 0 bridgehead atoms. The molecular formula is C12H23N5S. The molecule has 1 rings (SSSR count). The van der Waals surface area contributed by atoms with Crippen LogP contribution in [0.4, 0.5) is 11.6 Å². The molecule has 0 amide bonds. The van der Waals surface area contributed by atoms with Gasteiger partial charge >= 0.3 is 0 Å². The van der Waals surface area contributed by atoms with Crippen molar-refractivity contribution in [3.63, 3.8) is 0 Å². The van der Waals surface area contributed by atoms with Crippen LogP contribution in [0.25, 0.3) is 0 Å². The van der Waals surface area contributed by atoms with E-state index in [2.05, 4.69) is 40.8 Å². The fraction of sp³-hybridized carbons (Fsp3) is 0.667. The second kappa shape index (κ2) is 7.43. The van der Waals surface area contributed by atoms with Crippen LogP contribution in [0.5, 0.6) is 0 Å². The summed E-state index contributed by atoms with van der Waals surface area (Å²) < 4.78 is 0. The highest BCUT2D eigenvalue weighted by molar-refractivity contribution is 7.98. The lowest BCUT2D eigenvalue weighted by atomic mass is 10.2. The number of aryl methyl sites for hydroxylation is 1. The molecule has 1 atom stereocenters. The van der Waals surface area contributed by atoms with Gasteiger partial charge in [0.15, 0.2) is 0 Å². The summed E-state index contributed by atoms with van der Waals surface area (Å²) in [6.07, 6.45) is 3.98. The maximum absolute atomic E-state index is 5.50. The summed E-state index contributed by atoms with van der Waals surface area (Å²) in [5, 5.41) is 3.42. The minimum absolute atomic E-state index is 0.369. The number of aromatic nitrogens is 2. The summed E-state index contributed by atoms with van der Waals surface area (Å²) in [4.78, 5) is 8.97. The average Bonchev–Trinajstić information content (AvgIpc) is 2.33. The Morgan fingerprint density at radius 1 is 1.33 bits per heavy atom. The molecule has 0 fully saturated rings. The number of nitrogens with one attached hydrogen (secondary N) is 2. The van der Waals surface area contributed by atoms with Gasteiger partial charge in [0.05, 0.1) is 0 Å². The average molecular weight is 269 g/mol. The van der Waals surface area contributed by atoms with E-state index in [0.29, 0.717) is 11.9 Å². The second-order valence-electron chi connectivity index (χ2n) is 4.36. The van der Waals surface area contributed by atoms with Crippen molar-refractivity contribution in [3.05, 3.63) is 11.4 Å². The first-order chi connectivity index (χ1) is 8.62. The number of thioether (sulfide) groups is 1. The summed E-state index contributed by atoms with van der Waals surface area (Å²) >= 11 is 1.81. The molecule has 1 aromatic rings. The van der Waals surface area contributed by atoms with Gasteiger partial charge in [-0.3, -0.25) is 0 Å². The van der Waals surface area contributed by atoms with Crippen molar-refractivity contribution in [1.82, 2.24) is 9.97 Å². The summed E-state index contributed by atoms with van der Waals surface area (Å²) in [5.41, 5.74) is 3.61. The monoisotopic (exact) mass is 269 g/mol. The predicted molar refractivity (Wildman–Crippen MR) is 80.0 cm³/mol. The first-order valence-electron chi connectivity index (χ1n) is 6.21. The Morgan fingerprint density at radius 2 is 2.00 bits per heavy atom. The molecule has 0 saturated carbocycles. The summed E-state index contributed by atoms with van der Waals surface area (Å²) in [5.74, 6) is 8.95. The molecule has 18 heavy (non-hydrogen) atoms.